The van der Waals surface area contributed by atoms with Gasteiger partial charge in [0.2, 0.25) is 5.95 Å². The first-order valence-electron chi connectivity index (χ1n) is 7.76. The van der Waals surface area contributed by atoms with Gasteiger partial charge in [0.15, 0.2) is 0 Å². The van der Waals surface area contributed by atoms with Crippen LogP contribution in [0.5, 0.6) is 0 Å². The Morgan fingerprint density at radius 3 is 2.87 bits per heavy atom. The van der Waals surface area contributed by atoms with E-state index in [1.54, 1.807) is 17.0 Å². The second kappa shape index (κ2) is 5.92. The fourth-order valence-electron chi connectivity index (χ4n) is 3.02. The Morgan fingerprint density at radius 1 is 1.43 bits per heavy atom. The normalized spacial score (nSPS) is 24.2. The summed E-state index contributed by atoms with van der Waals surface area (Å²) in [5, 5.41) is 0. The predicted molar refractivity (Wildman–Crippen MR) is 83.3 cm³/mol. The SMILES string of the molecule is CC(C)(C)OC(=O)N1C2C=C(c3cccnc3F)CC1COC2. The highest BCUT2D eigenvalue weighted by molar-refractivity contribution is 5.74. The van der Waals surface area contributed by atoms with E-state index < -0.39 is 11.5 Å². The van der Waals surface area contributed by atoms with Gasteiger partial charge in [0.1, 0.15) is 5.60 Å². The van der Waals surface area contributed by atoms with E-state index in [9.17, 15) is 9.18 Å². The summed E-state index contributed by atoms with van der Waals surface area (Å²) in [6, 6.07) is 3.04. The lowest BCUT2D eigenvalue weighted by Crippen LogP contribution is -2.57. The summed E-state index contributed by atoms with van der Waals surface area (Å²) in [7, 11) is 0. The van der Waals surface area contributed by atoms with Crippen LogP contribution in [0.2, 0.25) is 0 Å². The molecule has 2 bridgehead atoms. The van der Waals surface area contributed by atoms with E-state index in [4.69, 9.17) is 9.47 Å². The molecule has 2 aliphatic heterocycles. The van der Waals surface area contributed by atoms with Gasteiger partial charge >= 0.3 is 6.09 Å². The molecule has 5 nitrogen and oxygen atoms in total. The fourth-order valence-corrected chi connectivity index (χ4v) is 3.02. The van der Waals surface area contributed by atoms with Crippen molar-refractivity contribution in [3.63, 3.8) is 0 Å². The van der Waals surface area contributed by atoms with Crippen LogP contribution < -0.4 is 0 Å². The third-order valence-corrected chi connectivity index (χ3v) is 3.91. The molecule has 0 aromatic carbocycles. The molecule has 1 amide bonds. The monoisotopic (exact) mass is 320 g/mol. The number of nitrogens with zero attached hydrogens (tertiary/aromatic N) is 2. The number of rotatable bonds is 1. The summed E-state index contributed by atoms with van der Waals surface area (Å²) in [5.74, 6) is -0.483. The number of pyridine rings is 1. The van der Waals surface area contributed by atoms with Crippen LogP contribution in [0, 0.1) is 5.95 Å². The summed E-state index contributed by atoms with van der Waals surface area (Å²) in [5.41, 5.74) is 0.813. The number of morpholine rings is 1. The van der Waals surface area contributed by atoms with Crippen LogP contribution in [-0.4, -0.2) is 46.9 Å². The zero-order valence-electron chi connectivity index (χ0n) is 13.6. The summed E-state index contributed by atoms with van der Waals surface area (Å²) in [6.07, 6.45) is 3.50. The molecule has 3 heterocycles. The molecule has 23 heavy (non-hydrogen) atoms. The van der Waals surface area contributed by atoms with Crippen LogP contribution >= 0.6 is 0 Å². The summed E-state index contributed by atoms with van der Waals surface area (Å²) >= 11 is 0. The molecule has 0 radical (unpaired) electrons. The average molecular weight is 320 g/mol. The van der Waals surface area contributed by atoms with Crippen molar-refractivity contribution in [2.75, 3.05) is 13.2 Å². The van der Waals surface area contributed by atoms with Crippen LogP contribution in [0.3, 0.4) is 0 Å². The fraction of sp³-hybridized carbons (Fsp3) is 0.529. The van der Waals surface area contributed by atoms with E-state index in [1.165, 1.54) is 6.20 Å². The van der Waals surface area contributed by atoms with Gasteiger partial charge < -0.3 is 9.47 Å². The van der Waals surface area contributed by atoms with Gasteiger partial charge in [-0.15, -0.1) is 0 Å². The molecule has 124 valence electrons. The molecule has 0 N–H and O–H groups in total. The summed E-state index contributed by atoms with van der Waals surface area (Å²) in [4.78, 5) is 17.9. The van der Waals surface area contributed by atoms with Gasteiger partial charge in [-0.25, -0.2) is 9.78 Å². The minimum atomic E-state index is -0.550. The van der Waals surface area contributed by atoms with Crippen molar-refractivity contribution in [1.82, 2.24) is 9.88 Å². The van der Waals surface area contributed by atoms with E-state index in [1.807, 2.05) is 26.8 Å². The van der Waals surface area contributed by atoms with E-state index in [-0.39, 0.29) is 18.2 Å². The van der Waals surface area contributed by atoms with Gasteiger partial charge in [0, 0.05) is 11.8 Å². The summed E-state index contributed by atoms with van der Waals surface area (Å²) in [6.45, 7) is 6.34. The number of halogens is 1. The highest BCUT2D eigenvalue weighted by Crippen LogP contribution is 2.34. The smallest absolute Gasteiger partial charge is 0.411 e. The van der Waals surface area contributed by atoms with Crippen LogP contribution in [0.15, 0.2) is 24.4 Å². The Bertz CT molecular complexity index is 639. The molecule has 6 heteroatoms. The van der Waals surface area contributed by atoms with Crippen molar-refractivity contribution in [2.45, 2.75) is 44.9 Å². The zero-order chi connectivity index (χ0) is 16.6. The van der Waals surface area contributed by atoms with Crippen LogP contribution in [0.4, 0.5) is 9.18 Å². The molecule has 2 unspecified atom stereocenters. The Labute approximate surface area is 135 Å². The largest absolute Gasteiger partial charge is 0.444 e. The number of hydrogen-bond acceptors (Lipinski definition) is 4. The second-order valence-corrected chi connectivity index (χ2v) is 6.88. The molecule has 1 saturated heterocycles. The van der Waals surface area contributed by atoms with Crippen molar-refractivity contribution < 1.29 is 18.7 Å². The lowest BCUT2D eigenvalue weighted by molar-refractivity contribution is -0.0510. The molecule has 0 spiro atoms. The molecule has 3 rings (SSSR count). The second-order valence-electron chi connectivity index (χ2n) is 6.88. The van der Waals surface area contributed by atoms with Crippen LogP contribution in [0.1, 0.15) is 32.8 Å². The zero-order valence-corrected chi connectivity index (χ0v) is 13.6. The van der Waals surface area contributed by atoms with Gasteiger partial charge in [-0.1, -0.05) is 6.08 Å². The third kappa shape index (κ3) is 3.37. The standard InChI is InChI=1S/C17H21FN2O3/c1-17(2,3)23-16(21)20-12-7-11(8-13(20)10-22-9-12)14-5-4-6-19-15(14)18/h4-7,12-13H,8-10H2,1-3H3. The number of fused-ring (bicyclic) bond motifs is 2. The quantitative estimate of drug-likeness (QED) is 0.746. The molecule has 1 aromatic heterocycles. The maximum Gasteiger partial charge on any atom is 0.411 e. The van der Waals surface area contributed by atoms with Crippen LogP contribution in [0.25, 0.3) is 5.57 Å². The molecular formula is C17H21FN2O3. The van der Waals surface area contributed by atoms with Crippen molar-refractivity contribution >= 4 is 11.7 Å². The minimum absolute atomic E-state index is 0.150. The maximum absolute atomic E-state index is 13.9. The maximum atomic E-state index is 13.9. The van der Waals surface area contributed by atoms with E-state index in [2.05, 4.69) is 4.98 Å². The number of amides is 1. The molecule has 1 aromatic rings. The predicted octanol–water partition coefficient (Wildman–Crippen LogP) is 3.01. The number of aromatic nitrogens is 1. The van der Waals surface area contributed by atoms with Crippen LogP contribution in [-0.2, 0) is 9.47 Å². The molecular weight excluding hydrogens is 299 g/mol. The summed E-state index contributed by atoms with van der Waals surface area (Å²) < 4.78 is 25.0. The Kier molecular flexibility index (Phi) is 4.10. The van der Waals surface area contributed by atoms with Gasteiger partial charge in [-0.3, -0.25) is 4.90 Å². The number of carbonyl (C=O) groups excluding carboxylic acids is 1. The van der Waals surface area contributed by atoms with Gasteiger partial charge in [0.25, 0.3) is 0 Å². The first kappa shape index (κ1) is 15.9. The molecule has 0 saturated carbocycles. The van der Waals surface area contributed by atoms with E-state index in [0.29, 0.717) is 25.2 Å². The van der Waals surface area contributed by atoms with Crippen molar-refractivity contribution in [3.8, 4) is 0 Å². The van der Waals surface area contributed by atoms with E-state index >= 15 is 0 Å². The van der Waals surface area contributed by atoms with Gasteiger partial charge in [-0.05, 0) is 44.9 Å². The topological polar surface area (TPSA) is 51.7 Å². The molecule has 2 aliphatic rings. The molecule has 2 atom stereocenters. The first-order chi connectivity index (χ1) is 10.8. The lowest BCUT2D eigenvalue weighted by Gasteiger charge is -2.44. The van der Waals surface area contributed by atoms with Crippen molar-refractivity contribution in [2.24, 2.45) is 0 Å². The number of ether oxygens (including phenoxy) is 2. The first-order valence-corrected chi connectivity index (χ1v) is 7.76. The average Bonchev–Trinajstić information content (AvgIpc) is 2.44. The third-order valence-electron chi connectivity index (χ3n) is 3.91. The van der Waals surface area contributed by atoms with Gasteiger partial charge in [-0.2, -0.15) is 4.39 Å². The highest BCUT2D eigenvalue weighted by Gasteiger charge is 2.40. The number of carbonyl (C=O) groups is 1. The van der Waals surface area contributed by atoms with Crippen molar-refractivity contribution in [1.29, 1.82) is 0 Å². The Balaban J connectivity index is 1.88. The molecule has 0 aliphatic carbocycles. The minimum Gasteiger partial charge on any atom is -0.444 e. The van der Waals surface area contributed by atoms with Gasteiger partial charge in [0.05, 0.1) is 25.3 Å². The lowest BCUT2D eigenvalue weighted by atomic mass is 9.90. The number of hydrogen-bond donors (Lipinski definition) is 0. The molecule has 1 fully saturated rings. The van der Waals surface area contributed by atoms with Crippen molar-refractivity contribution in [3.05, 3.63) is 35.9 Å². The highest BCUT2D eigenvalue weighted by atomic mass is 19.1. The Morgan fingerprint density at radius 2 is 2.22 bits per heavy atom. The Hall–Kier alpha value is -1.95. The van der Waals surface area contributed by atoms with E-state index in [0.717, 1.165) is 5.57 Å².